The summed E-state index contributed by atoms with van der Waals surface area (Å²) in [6, 6.07) is -0.826. The number of carboxylic acid groups (broad SMARTS) is 1. The fraction of sp³-hybridized carbons (Fsp3) is 0.400. The maximum atomic E-state index is 11.8. The van der Waals surface area contributed by atoms with Crippen LogP contribution in [-0.4, -0.2) is 44.9 Å². The molecule has 1 unspecified atom stereocenters. The zero-order valence-corrected chi connectivity index (χ0v) is 9.12. The van der Waals surface area contributed by atoms with Gasteiger partial charge in [0, 0.05) is 19.4 Å². The van der Waals surface area contributed by atoms with E-state index in [-0.39, 0.29) is 5.56 Å². The Bertz CT molecular complexity index is 380. The fourth-order valence-corrected chi connectivity index (χ4v) is 1.37. The van der Waals surface area contributed by atoms with E-state index in [4.69, 9.17) is 5.11 Å². The molecule has 6 nitrogen and oxygen atoms in total. The summed E-state index contributed by atoms with van der Waals surface area (Å²) in [6.45, 7) is 1.71. The first kappa shape index (κ1) is 12.1. The predicted molar refractivity (Wildman–Crippen MR) is 55.8 cm³/mol. The van der Waals surface area contributed by atoms with E-state index in [0.29, 0.717) is 6.42 Å². The van der Waals surface area contributed by atoms with Crippen LogP contribution in [0.25, 0.3) is 0 Å². The van der Waals surface area contributed by atoms with Crippen LogP contribution in [0.2, 0.25) is 0 Å². The molecule has 0 aromatic carbocycles. The van der Waals surface area contributed by atoms with Crippen molar-refractivity contribution >= 4 is 11.9 Å². The lowest BCUT2D eigenvalue weighted by Crippen LogP contribution is -2.42. The van der Waals surface area contributed by atoms with E-state index >= 15 is 0 Å². The summed E-state index contributed by atoms with van der Waals surface area (Å²) in [5.41, 5.74) is 0.282. The molecule has 0 spiro atoms. The van der Waals surface area contributed by atoms with Gasteiger partial charge in [-0.05, 0) is 6.42 Å². The van der Waals surface area contributed by atoms with Crippen molar-refractivity contribution in [1.29, 1.82) is 0 Å². The van der Waals surface area contributed by atoms with Gasteiger partial charge in [-0.15, -0.1) is 0 Å². The maximum absolute atomic E-state index is 11.8. The topological polar surface area (TPSA) is 83.4 Å². The number of hydrogen-bond donors (Lipinski definition) is 1. The van der Waals surface area contributed by atoms with Gasteiger partial charge < -0.3 is 10.0 Å². The Morgan fingerprint density at radius 3 is 2.44 bits per heavy atom. The first-order valence-electron chi connectivity index (χ1n) is 4.83. The number of aromatic nitrogens is 2. The molecule has 0 fully saturated rings. The summed E-state index contributed by atoms with van der Waals surface area (Å²) in [6.07, 6.45) is 4.39. The Balaban J connectivity index is 2.86. The molecule has 0 aliphatic carbocycles. The number of carbonyl (C=O) groups excluding carboxylic acids is 1. The van der Waals surface area contributed by atoms with Crippen molar-refractivity contribution < 1.29 is 14.7 Å². The van der Waals surface area contributed by atoms with Gasteiger partial charge in [0.2, 0.25) is 0 Å². The molecule has 1 aromatic rings. The predicted octanol–water partition coefficient (Wildman–Crippen LogP) is 0.412. The first-order valence-corrected chi connectivity index (χ1v) is 4.83. The molecule has 0 saturated carbocycles. The zero-order chi connectivity index (χ0) is 12.1. The van der Waals surface area contributed by atoms with Gasteiger partial charge in [-0.25, -0.2) is 14.8 Å². The van der Waals surface area contributed by atoms with Crippen molar-refractivity contribution in [2.45, 2.75) is 19.4 Å². The normalized spacial score (nSPS) is 11.9. The second kappa shape index (κ2) is 5.20. The van der Waals surface area contributed by atoms with E-state index in [1.54, 1.807) is 6.92 Å². The molecule has 0 radical (unpaired) electrons. The number of aliphatic carboxylic acids is 1. The van der Waals surface area contributed by atoms with Gasteiger partial charge in [0.1, 0.15) is 12.4 Å². The molecule has 1 rings (SSSR count). The summed E-state index contributed by atoms with van der Waals surface area (Å²) in [4.78, 5) is 31.3. The lowest BCUT2D eigenvalue weighted by Gasteiger charge is -2.23. The second-order valence-electron chi connectivity index (χ2n) is 3.31. The van der Waals surface area contributed by atoms with Crippen molar-refractivity contribution in [2.75, 3.05) is 7.05 Å². The van der Waals surface area contributed by atoms with Gasteiger partial charge in [0.25, 0.3) is 5.91 Å². The number of rotatable bonds is 4. The monoisotopic (exact) mass is 223 g/mol. The summed E-state index contributed by atoms with van der Waals surface area (Å²) in [5, 5.41) is 8.91. The Labute approximate surface area is 92.9 Å². The molecule has 1 atom stereocenters. The van der Waals surface area contributed by atoms with Crippen LogP contribution in [0.3, 0.4) is 0 Å². The maximum Gasteiger partial charge on any atom is 0.326 e. The van der Waals surface area contributed by atoms with Gasteiger partial charge >= 0.3 is 5.97 Å². The molecule has 6 heteroatoms. The summed E-state index contributed by atoms with van der Waals surface area (Å²) >= 11 is 0. The average Bonchev–Trinajstić information content (AvgIpc) is 2.29. The Kier molecular flexibility index (Phi) is 3.93. The standard InChI is InChI=1S/C10H13N3O3/c1-3-8(10(15)16)13(2)9(14)7-4-11-6-12-5-7/h4-6,8H,3H2,1-2H3,(H,15,16). The van der Waals surface area contributed by atoms with Gasteiger partial charge in [0.15, 0.2) is 0 Å². The highest BCUT2D eigenvalue weighted by atomic mass is 16.4. The van der Waals surface area contributed by atoms with Gasteiger partial charge in [-0.2, -0.15) is 0 Å². The minimum Gasteiger partial charge on any atom is -0.480 e. The number of nitrogens with zero attached hydrogens (tertiary/aromatic N) is 3. The molecule has 16 heavy (non-hydrogen) atoms. The molecule has 0 aliphatic rings. The van der Waals surface area contributed by atoms with Crippen LogP contribution in [-0.2, 0) is 4.79 Å². The highest BCUT2D eigenvalue weighted by Gasteiger charge is 2.25. The Hall–Kier alpha value is -1.98. The third-order valence-electron chi connectivity index (χ3n) is 2.27. The fourth-order valence-electron chi connectivity index (χ4n) is 1.37. The molecule has 0 saturated heterocycles. The lowest BCUT2D eigenvalue weighted by molar-refractivity contribution is -0.142. The molecule has 1 amide bonds. The zero-order valence-electron chi connectivity index (χ0n) is 9.12. The third-order valence-corrected chi connectivity index (χ3v) is 2.27. The quantitative estimate of drug-likeness (QED) is 0.799. The Morgan fingerprint density at radius 2 is 2.00 bits per heavy atom. The van der Waals surface area contributed by atoms with Crippen molar-refractivity contribution in [2.24, 2.45) is 0 Å². The van der Waals surface area contributed by atoms with Crippen molar-refractivity contribution in [3.63, 3.8) is 0 Å². The van der Waals surface area contributed by atoms with Gasteiger partial charge in [-0.1, -0.05) is 6.92 Å². The number of likely N-dealkylation sites (N-methyl/N-ethyl adjacent to an activating group) is 1. The number of carboxylic acids is 1. The Morgan fingerprint density at radius 1 is 1.44 bits per heavy atom. The molecular weight excluding hydrogens is 210 g/mol. The summed E-state index contributed by atoms with van der Waals surface area (Å²) in [5.74, 6) is -1.41. The minimum atomic E-state index is -1.02. The molecule has 0 aliphatic heterocycles. The van der Waals surface area contributed by atoms with E-state index in [1.165, 1.54) is 30.7 Å². The molecule has 1 N–H and O–H groups in total. The number of carbonyl (C=O) groups is 2. The van der Waals surface area contributed by atoms with Crippen molar-refractivity contribution in [3.8, 4) is 0 Å². The van der Waals surface area contributed by atoms with Crippen LogP contribution in [0, 0.1) is 0 Å². The SMILES string of the molecule is CCC(C(=O)O)N(C)C(=O)c1cncnc1. The number of amides is 1. The molecule has 0 bridgehead atoms. The summed E-state index contributed by atoms with van der Waals surface area (Å²) < 4.78 is 0. The average molecular weight is 223 g/mol. The molecule has 86 valence electrons. The van der Waals surface area contributed by atoms with Crippen LogP contribution in [0.1, 0.15) is 23.7 Å². The van der Waals surface area contributed by atoms with Crippen LogP contribution in [0.4, 0.5) is 0 Å². The smallest absolute Gasteiger partial charge is 0.326 e. The molecule has 1 aromatic heterocycles. The van der Waals surface area contributed by atoms with E-state index in [9.17, 15) is 9.59 Å². The minimum absolute atomic E-state index is 0.282. The van der Waals surface area contributed by atoms with E-state index in [0.717, 1.165) is 0 Å². The third kappa shape index (κ3) is 2.53. The van der Waals surface area contributed by atoms with Crippen molar-refractivity contribution in [3.05, 3.63) is 24.3 Å². The second-order valence-corrected chi connectivity index (χ2v) is 3.31. The molecular formula is C10H13N3O3. The highest BCUT2D eigenvalue weighted by Crippen LogP contribution is 2.07. The largest absolute Gasteiger partial charge is 0.480 e. The van der Waals surface area contributed by atoms with E-state index in [1.807, 2.05) is 0 Å². The van der Waals surface area contributed by atoms with Crippen LogP contribution in [0.5, 0.6) is 0 Å². The van der Waals surface area contributed by atoms with E-state index in [2.05, 4.69) is 9.97 Å². The van der Waals surface area contributed by atoms with Crippen LogP contribution >= 0.6 is 0 Å². The number of hydrogen-bond acceptors (Lipinski definition) is 4. The summed E-state index contributed by atoms with van der Waals surface area (Å²) in [7, 11) is 1.46. The van der Waals surface area contributed by atoms with Crippen molar-refractivity contribution in [1.82, 2.24) is 14.9 Å². The van der Waals surface area contributed by atoms with Crippen LogP contribution < -0.4 is 0 Å². The highest BCUT2D eigenvalue weighted by molar-refractivity contribution is 5.95. The first-order chi connectivity index (χ1) is 7.57. The lowest BCUT2D eigenvalue weighted by atomic mass is 10.2. The van der Waals surface area contributed by atoms with Gasteiger partial charge in [-0.3, -0.25) is 4.79 Å². The van der Waals surface area contributed by atoms with E-state index < -0.39 is 17.9 Å². The van der Waals surface area contributed by atoms with Gasteiger partial charge in [0.05, 0.1) is 5.56 Å². The van der Waals surface area contributed by atoms with Crippen LogP contribution in [0.15, 0.2) is 18.7 Å². The molecule has 1 heterocycles.